The molecule has 0 unspecified atom stereocenters. The van der Waals surface area contributed by atoms with E-state index in [4.69, 9.17) is 4.74 Å². The molecule has 0 radical (unpaired) electrons. The first kappa shape index (κ1) is 20.5. The van der Waals surface area contributed by atoms with Crippen molar-refractivity contribution in [1.29, 1.82) is 0 Å². The maximum atomic E-state index is 12.6. The lowest BCUT2D eigenvalue weighted by Gasteiger charge is -2.34. The van der Waals surface area contributed by atoms with Gasteiger partial charge in [0.25, 0.3) is 5.91 Å². The number of amides is 2. The molecule has 152 valence electrons. The van der Waals surface area contributed by atoms with Gasteiger partial charge in [-0.3, -0.25) is 4.79 Å². The summed E-state index contributed by atoms with van der Waals surface area (Å²) >= 11 is 1.70. The van der Waals surface area contributed by atoms with Crippen LogP contribution in [0.25, 0.3) is 0 Å². The van der Waals surface area contributed by atoms with Crippen LogP contribution in [0, 0.1) is 0 Å². The number of piperidine rings is 1. The first-order chi connectivity index (χ1) is 13.3. The van der Waals surface area contributed by atoms with E-state index < -0.39 is 5.60 Å². The van der Waals surface area contributed by atoms with Crippen molar-refractivity contribution < 1.29 is 14.3 Å². The molecule has 3 heterocycles. The maximum Gasteiger partial charge on any atom is 0.410 e. The molecular weight excluding hydrogens is 374 g/mol. The van der Waals surface area contributed by atoms with Crippen LogP contribution in [0.2, 0.25) is 0 Å². The summed E-state index contributed by atoms with van der Waals surface area (Å²) in [7, 11) is 0. The highest BCUT2D eigenvalue weighted by Gasteiger charge is 2.28. The second-order valence-electron chi connectivity index (χ2n) is 8.08. The SMILES string of the molecule is CC(C)(C)OC(=O)N1CCC(n2cccc2C(=O)NCCc2cccs2)CC1. The second kappa shape index (κ2) is 8.82. The van der Waals surface area contributed by atoms with Crippen LogP contribution < -0.4 is 5.32 Å². The number of ether oxygens (including phenoxy) is 1. The van der Waals surface area contributed by atoms with E-state index >= 15 is 0 Å². The molecule has 1 N–H and O–H groups in total. The van der Waals surface area contributed by atoms with Crippen molar-refractivity contribution in [3.63, 3.8) is 0 Å². The van der Waals surface area contributed by atoms with E-state index in [-0.39, 0.29) is 18.0 Å². The van der Waals surface area contributed by atoms with E-state index in [1.807, 2.05) is 55.1 Å². The number of carbonyl (C=O) groups excluding carboxylic acids is 2. The van der Waals surface area contributed by atoms with Gasteiger partial charge in [-0.1, -0.05) is 6.07 Å². The molecule has 7 heteroatoms. The summed E-state index contributed by atoms with van der Waals surface area (Å²) in [5, 5.41) is 5.07. The van der Waals surface area contributed by atoms with Gasteiger partial charge in [0.2, 0.25) is 0 Å². The molecule has 1 aliphatic heterocycles. The van der Waals surface area contributed by atoms with Gasteiger partial charge in [-0.2, -0.15) is 0 Å². The van der Waals surface area contributed by atoms with Crippen LogP contribution in [0.5, 0.6) is 0 Å². The van der Waals surface area contributed by atoms with Crippen molar-refractivity contribution in [1.82, 2.24) is 14.8 Å². The largest absolute Gasteiger partial charge is 0.444 e. The number of hydrogen-bond acceptors (Lipinski definition) is 4. The molecule has 3 rings (SSSR count). The predicted molar refractivity (Wildman–Crippen MR) is 111 cm³/mol. The van der Waals surface area contributed by atoms with Gasteiger partial charge in [-0.15, -0.1) is 11.3 Å². The Balaban J connectivity index is 1.52. The number of nitrogens with zero attached hydrogens (tertiary/aromatic N) is 2. The minimum Gasteiger partial charge on any atom is -0.444 e. The summed E-state index contributed by atoms with van der Waals surface area (Å²) in [5.41, 5.74) is 0.199. The van der Waals surface area contributed by atoms with Crippen LogP contribution in [0.15, 0.2) is 35.8 Å². The van der Waals surface area contributed by atoms with Gasteiger partial charge >= 0.3 is 6.09 Å². The highest BCUT2D eigenvalue weighted by atomic mass is 32.1. The summed E-state index contributed by atoms with van der Waals surface area (Å²) < 4.78 is 7.51. The number of thiophene rings is 1. The highest BCUT2D eigenvalue weighted by molar-refractivity contribution is 7.09. The van der Waals surface area contributed by atoms with Gasteiger partial charge in [-0.25, -0.2) is 4.79 Å². The van der Waals surface area contributed by atoms with Crippen molar-refractivity contribution in [3.8, 4) is 0 Å². The third-order valence-corrected chi connectivity index (χ3v) is 5.69. The van der Waals surface area contributed by atoms with Gasteiger partial charge in [0.15, 0.2) is 0 Å². The Morgan fingerprint density at radius 3 is 2.61 bits per heavy atom. The van der Waals surface area contributed by atoms with Crippen molar-refractivity contribution in [2.24, 2.45) is 0 Å². The highest BCUT2D eigenvalue weighted by Crippen LogP contribution is 2.25. The van der Waals surface area contributed by atoms with Crippen molar-refractivity contribution in [2.45, 2.75) is 51.7 Å². The summed E-state index contributed by atoms with van der Waals surface area (Å²) in [5.74, 6) is -0.0453. The average molecular weight is 404 g/mol. The standard InChI is InChI=1S/C21H29N3O3S/c1-21(2,3)27-20(26)23-13-9-16(10-14-23)24-12-4-7-18(24)19(25)22-11-8-17-6-5-15-28-17/h4-7,12,15-16H,8-11,13-14H2,1-3H3,(H,22,25). The zero-order chi connectivity index (χ0) is 20.1. The van der Waals surface area contributed by atoms with Crippen LogP contribution in [-0.4, -0.2) is 46.7 Å². The van der Waals surface area contributed by atoms with E-state index in [0.29, 0.717) is 25.3 Å². The average Bonchev–Trinajstić information content (AvgIpc) is 3.32. The molecule has 1 aliphatic rings. The lowest BCUT2D eigenvalue weighted by Crippen LogP contribution is -2.42. The van der Waals surface area contributed by atoms with Crippen molar-refractivity contribution in [3.05, 3.63) is 46.4 Å². The van der Waals surface area contributed by atoms with Crippen molar-refractivity contribution in [2.75, 3.05) is 19.6 Å². The molecule has 1 saturated heterocycles. The summed E-state index contributed by atoms with van der Waals surface area (Å²) in [4.78, 5) is 27.9. The normalized spacial score (nSPS) is 15.5. The molecule has 2 amide bonds. The van der Waals surface area contributed by atoms with Gasteiger partial charge in [-0.05, 0) is 63.6 Å². The number of aromatic nitrogens is 1. The van der Waals surface area contributed by atoms with Crippen LogP contribution >= 0.6 is 11.3 Å². The Bertz CT molecular complexity index is 784. The topological polar surface area (TPSA) is 63.6 Å². The quantitative estimate of drug-likeness (QED) is 0.818. The van der Waals surface area contributed by atoms with Crippen molar-refractivity contribution >= 4 is 23.3 Å². The molecule has 1 fully saturated rings. The molecule has 2 aromatic rings. The lowest BCUT2D eigenvalue weighted by atomic mass is 10.0. The molecule has 0 spiro atoms. The van der Waals surface area contributed by atoms with Crippen LogP contribution in [0.3, 0.4) is 0 Å². The fraction of sp³-hybridized carbons (Fsp3) is 0.524. The van der Waals surface area contributed by atoms with Crippen LogP contribution in [0.4, 0.5) is 4.79 Å². The van der Waals surface area contributed by atoms with E-state index in [2.05, 4.69) is 11.4 Å². The fourth-order valence-electron chi connectivity index (χ4n) is 3.40. The summed E-state index contributed by atoms with van der Waals surface area (Å²) in [6.45, 7) is 7.53. The minimum atomic E-state index is -0.483. The number of carbonyl (C=O) groups is 2. The fourth-order valence-corrected chi connectivity index (χ4v) is 4.11. The molecule has 0 aliphatic carbocycles. The smallest absolute Gasteiger partial charge is 0.410 e. The third-order valence-electron chi connectivity index (χ3n) is 4.76. The van der Waals surface area contributed by atoms with E-state index in [9.17, 15) is 9.59 Å². The van der Waals surface area contributed by atoms with E-state index in [1.165, 1.54) is 4.88 Å². The zero-order valence-electron chi connectivity index (χ0n) is 16.8. The minimum absolute atomic E-state index is 0.0453. The predicted octanol–water partition coefficient (Wildman–Crippen LogP) is 4.09. The van der Waals surface area contributed by atoms with Gasteiger partial charge in [0.1, 0.15) is 11.3 Å². The molecular formula is C21H29N3O3S. The number of rotatable bonds is 5. The van der Waals surface area contributed by atoms with Crippen LogP contribution in [0.1, 0.15) is 55.0 Å². The maximum absolute atomic E-state index is 12.6. The van der Waals surface area contributed by atoms with E-state index in [1.54, 1.807) is 16.2 Å². The Hall–Kier alpha value is -2.28. The number of nitrogens with one attached hydrogen (secondary N) is 1. The molecule has 0 bridgehead atoms. The zero-order valence-corrected chi connectivity index (χ0v) is 17.6. The molecule has 0 aromatic carbocycles. The Labute approximate surface area is 170 Å². The Morgan fingerprint density at radius 1 is 1.21 bits per heavy atom. The Morgan fingerprint density at radius 2 is 1.96 bits per heavy atom. The number of hydrogen-bond donors (Lipinski definition) is 1. The molecule has 28 heavy (non-hydrogen) atoms. The molecule has 0 atom stereocenters. The van der Waals surface area contributed by atoms with Crippen LogP contribution in [-0.2, 0) is 11.2 Å². The monoisotopic (exact) mass is 403 g/mol. The van der Waals surface area contributed by atoms with Gasteiger partial charge in [0.05, 0.1) is 0 Å². The summed E-state index contributed by atoms with van der Waals surface area (Å²) in [6, 6.07) is 8.09. The van der Waals surface area contributed by atoms with Gasteiger partial charge < -0.3 is 19.5 Å². The Kier molecular flexibility index (Phi) is 6.44. The first-order valence-electron chi connectivity index (χ1n) is 9.79. The molecule has 2 aromatic heterocycles. The number of likely N-dealkylation sites (tertiary alicyclic amines) is 1. The lowest BCUT2D eigenvalue weighted by molar-refractivity contribution is 0.0187. The molecule has 0 saturated carbocycles. The first-order valence-corrected chi connectivity index (χ1v) is 10.7. The van der Waals surface area contributed by atoms with E-state index in [0.717, 1.165) is 19.3 Å². The third kappa shape index (κ3) is 5.38. The molecule has 6 nitrogen and oxygen atoms in total. The second-order valence-corrected chi connectivity index (χ2v) is 9.12. The van der Waals surface area contributed by atoms with Gasteiger partial charge in [0, 0.05) is 36.8 Å². The summed E-state index contributed by atoms with van der Waals surface area (Å²) in [6.07, 6.45) is 4.16.